The van der Waals surface area contributed by atoms with Crippen molar-refractivity contribution in [1.82, 2.24) is 9.88 Å². The fraction of sp³-hybridized carbons (Fsp3) is 0.462. The summed E-state index contributed by atoms with van der Waals surface area (Å²) >= 11 is 6.43. The maximum absolute atomic E-state index is 14.0. The lowest BCUT2D eigenvalue weighted by atomic mass is 9.77. The molecule has 3 aromatic rings. The quantitative estimate of drug-likeness (QED) is 0.548. The van der Waals surface area contributed by atoms with Crippen LogP contribution in [-0.2, 0) is 11.3 Å². The molecule has 4 atom stereocenters. The average Bonchev–Trinajstić information content (AvgIpc) is 3.37. The summed E-state index contributed by atoms with van der Waals surface area (Å²) in [5.41, 5.74) is 2.26. The lowest BCUT2D eigenvalue weighted by Crippen LogP contribution is -2.66. The minimum absolute atomic E-state index is 0.0930. The number of aromatic nitrogens is 1. The molecule has 1 N–H and O–H groups in total. The van der Waals surface area contributed by atoms with Gasteiger partial charge in [-0.1, -0.05) is 44.4 Å². The number of hydrogen-bond donors (Lipinski definition) is 1. The van der Waals surface area contributed by atoms with E-state index >= 15 is 0 Å². The Morgan fingerprint density at radius 3 is 2.82 bits per heavy atom. The third-order valence-electron chi connectivity index (χ3n) is 7.90. The molecule has 2 aliphatic rings. The van der Waals surface area contributed by atoms with Crippen molar-refractivity contribution in [1.29, 1.82) is 0 Å². The van der Waals surface area contributed by atoms with Gasteiger partial charge in [0, 0.05) is 28.9 Å². The molecule has 1 aliphatic carbocycles. The second kappa shape index (κ2) is 7.94. The molecule has 33 heavy (non-hydrogen) atoms. The van der Waals surface area contributed by atoms with Crippen molar-refractivity contribution >= 4 is 40.2 Å². The lowest BCUT2D eigenvalue weighted by molar-refractivity contribution is -0.128. The molecule has 0 saturated heterocycles. The maximum atomic E-state index is 14.0. The summed E-state index contributed by atoms with van der Waals surface area (Å²) in [5, 5.41) is 3.89. The average molecular weight is 468 g/mol. The van der Waals surface area contributed by atoms with Crippen LogP contribution in [-0.4, -0.2) is 28.0 Å². The van der Waals surface area contributed by atoms with Crippen LogP contribution in [0.3, 0.4) is 0 Å². The Morgan fingerprint density at radius 1 is 1.24 bits per heavy atom. The van der Waals surface area contributed by atoms with Crippen molar-refractivity contribution in [2.45, 2.75) is 65.1 Å². The van der Waals surface area contributed by atoms with Crippen LogP contribution >= 0.6 is 11.6 Å². The fourth-order valence-corrected chi connectivity index (χ4v) is 5.71. The summed E-state index contributed by atoms with van der Waals surface area (Å²) in [4.78, 5) is 29.5. The zero-order valence-corrected chi connectivity index (χ0v) is 20.3. The van der Waals surface area contributed by atoms with E-state index in [0.717, 1.165) is 23.9 Å². The van der Waals surface area contributed by atoms with E-state index in [2.05, 4.69) is 19.2 Å². The first-order chi connectivity index (χ1) is 15.7. The van der Waals surface area contributed by atoms with E-state index in [-0.39, 0.29) is 17.9 Å². The van der Waals surface area contributed by atoms with E-state index in [1.807, 2.05) is 36.6 Å². The molecule has 1 saturated carbocycles. The van der Waals surface area contributed by atoms with Gasteiger partial charge >= 0.3 is 0 Å². The van der Waals surface area contributed by atoms with Crippen molar-refractivity contribution in [2.24, 2.45) is 11.8 Å². The van der Waals surface area contributed by atoms with Gasteiger partial charge in [-0.05, 0) is 49.8 Å². The molecule has 7 heteroatoms. The highest BCUT2D eigenvalue weighted by atomic mass is 35.5. The summed E-state index contributed by atoms with van der Waals surface area (Å²) in [6.45, 7) is 8.52. The van der Waals surface area contributed by atoms with E-state index in [4.69, 9.17) is 16.0 Å². The number of furan rings is 1. The molecule has 2 aromatic heterocycles. The first-order valence-corrected chi connectivity index (χ1v) is 12.1. The Kier molecular flexibility index (Phi) is 5.31. The summed E-state index contributed by atoms with van der Waals surface area (Å²) in [6, 6.07) is 9.17. The number of anilines is 1. The van der Waals surface area contributed by atoms with Crippen molar-refractivity contribution in [3.8, 4) is 0 Å². The largest absolute Gasteiger partial charge is 0.463 e. The predicted octanol–water partition coefficient (Wildman–Crippen LogP) is 5.56. The van der Waals surface area contributed by atoms with Crippen LogP contribution < -0.4 is 10.2 Å². The molecule has 1 aromatic carbocycles. The van der Waals surface area contributed by atoms with Gasteiger partial charge in [0.1, 0.15) is 11.2 Å². The number of nitrogens with zero attached hydrogens (tertiary/aromatic N) is 2. The minimum atomic E-state index is -1.14. The molecule has 2 amide bonds. The van der Waals surface area contributed by atoms with Crippen LogP contribution in [0.5, 0.6) is 0 Å². The number of rotatable bonds is 3. The molecule has 174 valence electrons. The zero-order valence-electron chi connectivity index (χ0n) is 19.5. The van der Waals surface area contributed by atoms with Gasteiger partial charge in [0.2, 0.25) is 5.91 Å². The first kappa shape index (κ1) is 22.1. The predicted molar refractivity (Wildman–Crippen MR) is 130 cm³/mol. The van der Waals surface area contributed by atoms with Gasteiger partial charge < -0.3 is 14.3 Å². The molecule has 5 rings (SSSR count). The van der Waals surface area contributed by atoms with E-state index in [1.54, 1.807) is 23.3 Å². The van der Waals surface area contributed by atoms with Crippen molar-refractivity contribution < 1.29 is 14.0 Å². The topological polar surface area (TPSA) is 67.5 Å². The smallest absolute Gasteiger partial charge is 0.276 e. The van der Waals surface area contributed by atoms with Crippen LogP contribution in [0.15, 0.2) is 41.0 Å². The number of halogens is 1. The van der Waals surface area contributed by atoms with Crippen molar-refractivity contribution in [2.75, 3.05) is 4.90 Å². The van der Waals surface area contributed by atoms with Crippen LogP contribution in [0.1, 0.15) is 56.1 Å². The second-order valence-corrected chi connectivity index (χ2v) is 10.3. The Labute approximate surface area is 198 Å². The number of fused-ring (bicyclic) bond motifs is 3. The normalized spacial score (nSPS) is 27.6. The molecule has 0 unspecified atom stereocenters. The molecule has 0 bridgehead atoms. The summed E-state index contributed by atoms with van der Waals surface area (Å²) in [6.07, 6.45) is 4.85. The van der Waals surface area contributed by atoms with Crippen LogP contribution in [0.4, 0.5) is 5.69 Å². The number of hydrogen-bond acceptors (Lipinski definition) is 3. The SMILES string of the molecule is Cc1c(Cl)cccc1N1C(=O)c2cc3occc3n2C[C@]1(C)C(=O)N[C@@H]1CCC[C@H](C)[C@H]1C. The third-order valence-corrected chi connectivity index (χ3v) is 8.31. The van der Waals surface area contributed by atoms with Gasteiger partial charge in [-0.25, -0.2) is 0 Å². The molecule has 6 nitrogen and oxygen atoms in total. The maximum Gasteiger partial charge on any atom is 0.276 e. The summed E-state index contributed by atoms with van der Waals surface area (Å²) in [5.74, 6) is 0.560. The number of amides is 2. The van der Waals surface area contributed by atoms with Gasteiger partial charge in [0.05, 0.1) is 18.3 Å². The molecule has 1 fully saturated rings. The first-order valence-electron chi connectivity index (χ1n) is 11.7. The van der Waals surface area contributed by atoms with E-state index < -0.39 is 5.54 Å². The Morgan fingerprint density at radius 2 is 2.03 bits per heavy atom. The fourth-order valence-electron chi connectivity index (χ4n) is 5.54. The third kappa shape index (κ3) is 3.38. The van der Waals surface area contributed by atoms with Gasteiger partial charge in [-0.2, -0.15) is 0 Å². The Balaban J connectivity index is 1.61. The molecule has 0 spiro atoms. The monoisotopic (exact) mass is 467 g/mol. The van der Waals surface area contributed by atoms with Crippen molar-refractivity contribution in [3.63, 3.8) is 0 Å². The van der Waals surface area contributed by atoms with Crippen LogP contribution in [0.2, 0.25) is 5.02 Å². The van der Waals surface area contributed by atoms with Gasteiger partial charge in [0.15, 0.2) is 5.58 Å². The number of carbonyl (C=O) groups excluding carboxylic acids is 2. The Hall–Kier alpha value is -2.73. The van der Waals surface area contributed by atoms with E-state index in [9.17, 15) is 9.59 Å². The second-order valence-electron chi connectivity index (χ2n) is 9.93. The van der Waals surface area contributed by atoms with Crippen molar-refractivity contribution in [3.05, 3.63) is 52.9 Å². The van der Waals surface area contributed by atoms with E-state index in [1.165, 1.54) is 6.42 Å². The standard InChI is InChI=1S/C26H30ClN3O3/c1-15-7-5-9-19(16(15)2)28-25(32)26(4)14-29-21-11-12-33-23(21)13-22(29)24(31)30(26)20-10-6-8-18(27)17(20)3/h6,8,10-13,15-16,19H,5,7,9,14H2,1-4H3,(H,28,32)/t15-,16+,19+,26+/m0/s1. The van der Waals surface area contributed by atoms with E-state index in [0.29, 0.717) is 40.4 Å². The number of benzene rings is 1. The summed E-state index contributed by atoms with van der Waals surface area (Å²) in [7, 11) is 0. The minimum Gasteiger partial charge on any atom is -0.463 e. The van der Waals surface area contributed by atoms with Crippen LogP contribution in [0, 0.1) is 18.8 Å². The lowest BCUT2D eigenvalue weighted by Gasteiger charge is -2.46. The molecule has 3 heterocycles. The molecular weight excluding hydrogens is 438 g/mol. The molecule has 0 radical (unpaired) electrons. The molecular formula is C26H30ClN3O3. The summed E-state index contributed by atoms with van der Waals surface area (Å²) < 4.78 is 7.47. The van der Waals surface area contributed by atoms with Gasteiger partial charge in [-0.15, -0.1) is 0 Å². The van der Waals surface area contributed by atoms with Gasteiger partial charge in [-0.3, -0.25) is 14.5 Å². The highest BCUT2D eigenvalue weighted by Gasteiger charge is 2.50. The van der Waals surface area contributed by atoms with Gasteiger partial charge in [0.25, 0.3) is 5.91 Å². The van der Waals surface area contributed by atoms with Crippen LogP contribution in [0.25, 0.3) is 11.1 Å². The number of carbonyl (C=O) groups is 2. The Bertz CT molecular complexity index is 1240. The number of nitrogens with one attached hydrogen (secondary N) is 1. The highest BCUT2D eigenvalue weighted by molar-refractivity contribution is 6.32. The molecule has 1 aliphatic heterocycles. The zero-order chi connectivity index (χ0) is 23.5. The highest BCUT2D eigenvalue weighted by Crippen LogP contribution is 2.39.